The van der Waals surface area contributed by atoms with Gasteiger partial charge < -0.3 is 9.64 Å². The molecule has 0 N–H and O–H groups in total. The van der Waals surface area contributed by atoms with Crippen LogP contribution in [0.4, 0.5) is 0 Å². The molecule has 4 heteroatoms. The van der Waals surface area contributed by atoms with Gasteiger partial charge in [-0.3, -0.25) is 9.69 Å². The predicted molar refractivity (Wildman–Crippen MR) is 82.3 cm³/mol. The van der Waals surface area contributed by atoms with Crippen LogP contribution in [0.25, 0.3) is 0 Å². The molecule has 1 heterocycles. The lowest BCUT2D eigenvalue weighted by molar-refractivity contribution is -0.134. The molecule has 1 saturated heterocycles. The number of rotatable bonds is 5. The average molecular weight is 278 g/mol. The lowest BCUT2D eigenvalue weighted by Crippen LogP contribution is -2.49. The summed E-state index contributed by atoms with van der Waals surface area (Å²) in [6.07, 6.45) is 9.73. The van der Waals surface area contributed by atoms with E-state index in [0.29, 0.717) is 13.2 Å². The highest BCUT2D eigenvalue weighted by Gasteiger charge is 2.26. The van der Waals surface area contributed by atoms with Crippen LogP contribution in [-0.4, -0.2) is 55.1 Å². The van der Waals surface area contributed by atoms with Crippen molar-refractivity contribution in [1.29, 1.82) is 0 Å². The molecule has 1 fully saturated rings. The molecule has 112 valence electrons. The van der Waals surface area contributed by atoms with E-state index >= 15 is 0 Å². The molecule has 1 amide bonds. The summed E-state index contributed by atoms with van der Waals surface area (Å²) in [5, 5.41) is 0. The highest BCUT2D eigenvalue weighted by molar-refractivity contribution is 5.83. The summed E-state index contributed by atoms with van der Waals surface area (Å²) in [6.45, 7) is 8.92. The number of likely N-dealkylation sites (N-methyl/N-ethyl adjacent to an activating group) is 1. The molecule has 1 rings (SSSR count). The molecule has 4 nitrogen and oxygen atoms in total. The van der Waals surface area contributed by atoms with E-state index in [2.05, 4.69) is 4.90 Å². The smallest absolute Gasteiger partial charge is 0.243 e. The second kappa shape index (κ2) is 8.72. The summed E-state index contributed by atoms with van der Waals surface area (Å²) in [4.78, 5) is 16.5. The van der Waals surface area contributed by atoms with Gasteiger partial charge >= 0.3 is 0 Å². The largest absolute Gasteiger partial charge is 0.379 e. The predicted octanol–water partition coefficient (Wildman–Crippen LogP) is 2.20. The van der Waals surface area contributed by atoms with Gasteiger partial charge in [-0.1, -0.05) is 18.2 Å². The van der Waals surface area contributed by atoms with E-state index in [4.69, 9.17) is 4.74 Å². The van der Waals surface area contributed by atoms with Crippen LogP contribution in [0.1, 0.15) is 20.8 Å². The fraction of sp³-hybridized carbons (Fsp3) is 0.562. The standard InChI is InChI=1S/C16H26N2O2/c1-5-7-9-15(8-6-2)17(4)16(19)14(3)18-10-12-20-13-11-18/h5-9,14H,10-13H2,1-4H3/b7-5+,8-6+,15-9+. The Morgan fingerprint density at radius 2 is 1.90 bits per heavy atom. The maximum atomic E-state index is 12.6. The molecule has 0 saturated carbocycles. The number of hydrogen-bond donors (Lipinski definition) is 0. The zero-order valence-electron chi connectivity index (χ0n) is 13.0. The Balaban J connectivity index is 2.76. The lowest BCUT2D eigenvalue weighted by Gasteiger charge is -2.33. The second-order valence-corrected chi connectivity index (χ2v) is 4.84. The highest BCUT2D eigenvalue weighted by Crippen LogP contribution is 2.11. The molecule has 1 atom stereocenters. The molecule has 0 aromatic rings. The molecule has 1 unspecified atom stereocenters. The Labute approximate surface area is 122 Å². The Hall–Kier alpha value is -1.39. The van der Waals surface area contributed by atoms with Crippen LogP contribution in [0.15, 0.2) is 36.1 Å². The Morgan fingerprint density at radius 1 is 1.25 bits per heavy atom. The van der Waals surface area contributed by atoms with Gasteiger partial charge in [0, 0.05) is 25.8 Å². The summed E-state index contributed by atoms with van der Waals surface area (Å²) >= 11 is 0. The van der Waals surface area contributed by atoms with Crippen molar-refractivity contribution in [3.05, 3.63) is 36.1 Å². The van der Waals surface area contributed by atoms with Crippen LogP contribution in [0.3, 0.4) is 0 Å². The SMILES string of the molecule is C/C=C/C=C(\C=C\C)N(C)C(=O)C(C)N1CCOCC1. The summed E-state index contributed by atoms with van der Waals surface area (Å²) in [6, 6.07) is -0.122. The summed E-state index contributed by atoms with van der Waals surface area (Å²) < 4.78 is 5.33. The van der Waals surface area contributed by atoms with Gasteiger partial charge in [-0.15, -0.1) is 0 Å². The molecule has 0 aromatic carbocycles. The first-order valence-electron chi connectivity index (χ1n) is 7.16. The van der Waals surface area contributed by atoms with E-state index in [1.807, 2.05) is 58.2 Å². The zero-order valence-corrected chi connectivity index (χ0v) is 13.0. The van der Waals surface area contributed by atoms with Gasteiger partial charge in [0.1, 0.15) is 0 Å². The molecule has 0 bridgehead atoms. The number of hydrogen-bond acceptors (Lipinski definition) is 3. The van der Waals surface area contributed by atoms with Crippen molar-refractivity contribution in [1.82, 2.24) is 9.80 Å². The molecule has 0 aromatic heterocycles. The van der Waals surface area contributed by atoms with E-state index in [9.17, 15) is 4.79 Å². The quantitative estimate of drug-likeness (QED) is 0.723. The van der Waals surface area contributed by atoms with Crippen LogP contribution >= 0.6 is 0 Å². The number of allylic oxidation sites excluding steroid dienone is 5. The lowest BCUT2D eigenvalue weighted by atomic mass is 10.2. The van der Waals surface area contributed by atoms with Gasteiger partial charge in [0.2, 0.25) is 5.91 Å². The second-order valence-electron chi connectivity index (χ2n) is 4.84. The fourth-order valence-electron chi connectivity index (χ4n) is 2.17. The molecule has 0 aliphatic carbocycles. The van der Waals surface area contributed by atoms with Gasteiger partial charge in [-0.05, 0) is 32.9 Å². The van der Waals surface area contributed by atoms with Crippen molar-refractivity contribution in [3.8, 4) is 0 Å². The van der Waals surface area contributed by atoms with E-state index in [-0.39, 0.29) is 11.9 Å². The van der Waals surface area contributed by atoms with Crippen LogP contribution in [-0.2, 0) is 9.53 Å². The summed E-state index contributed by atoms with van der Waals surface area (Å²) in [7, 11) is 1.83. The van der Waals surface area contributed by atoms with Crippen molar-refractivity contribution in [3.63, 3.8) is 0 Å². The molecule has 0 radical (unpaired) electrons. The Kier molecular flexibility index (Phi) is 7.26. The van der Waals surface area contributed by atoms with Crippen LogP contribution in [0.2, 0.25) is 0 Å². The third-order valence-corrected chi connectivity index (χ3v) is 3.47. The number of carbonyl (C=O) groups excluding carboxylic acids is 1. The minimum Gasteiger partial charge on any atom is -0.379 e. The van der Waals surface area contributed by atoms with Crippen molar-refractivity contribution in [2.24, 2.45) is 0 Å². The molecule has 20 heavy (non-hydrogen) atoms. The van der Waals surface area contributed by atoms with E-state index in [0.717, 1.165) is 18.8 Å². The summed E-state index contributed by atoms with van der Waals surface area (Å²) in [5.41, 5.74) is 0.899. The van der Waals surface area contributed by atoms with Gasteiger partial charge in [0.25, 0.3) is 0 Å². The Bertz CT molecular complexity index is 393. The molecular weight excluding hydrogens is 252 g/mol. The fourth-order valence-corrected chi connectivity index (χ4v) is 2.17. The number of amides is 1. The van der Waals surface area contributed by atoms with Crippen molar-refractivity contribution >= 4 is 5.91 Å². The Morgan fingerprint density at radius 3 is 2.45 bits per heavy atom. The third-order valence-electron chi connectivity index (χ3n) is 3.47. The van der Waals surface area contributed by atoms with E-state index in [1.54, 1.807) is 4.90 Å². The van der Waals surface area contributed by atoms with Crippen molar-refractivity contribution in [2.75, 3.05) is 33.4 Å². The van der Waals surface area contributed by atoms with Gasteiger partial charge in [-0.25, -0.2) is 0 Å². The van der Waals surface area contributed by atoms with Crippen LogP contribution in [0, 0.1) is 0 Å². The zero-order chi connectivity index (χ0) is 15.0. The monoisotopic (exact) mass is 278 g/mol. The number of ether oxygens (including phenoxy) is 1. The maximum absolute atomic E-state index is 12.6. The first-order valence-corrected chi connectivity index (χ1v) is 7.16. The minimum absolute atomic E-state index is 0.112. The molecular formula is C16H26N2O2. The average Bonchev–Trinajstić information content (AvgIpc) is 2.50. The first kappa shape index (κ1) is 16.7. The van der Waals surface area contributed by atoms with Crippen molar-refractivity contribution < 1.29 is 9.53 Å². The van der Waals surface area contributed by atoms with Crippen molar-refractivity contribution in [2.45, 2.75) is 26.8 Å². The van der Waals surface area contributed by atoms with E-state index < -0.39 is 0 Å². The van der Waals surface area contributed by atoms with E-state index in [1.165, 1.54) is 0 Å². The molecule has 0 spiro atoms. The number of nitrogens with zero attached hydrogens (tertiary/aromatic N) is 2. The summed E-state index contributed by atoms with van der Waals surface area (Å²) in [5.74, 6) is 0.112. The van der Waals surface area contributed by atoms with Crippen LogP contribution in [0.5, 0.6) is 0 Å². The highest BCUT2D eigenvalue weighted by atomic mass is 16.5. The number of carbonyl (C=O) groups is 1. The normalized spacial score (nSPS) is 19.7. The number of morpholine rings is 1. The maximum Gasteiger partial charge on any atom is 0.243 e. The molecule has 1 aliphatic rings. The molecule has 1 aliphatic heterocycles. The van der Waals surface area contributed by atoms with Gasteiger partial charge in [0.05, 0.1) is 19.3 Å². The first-order chi connectivity index (χ1) is 9.61. The third kappa shape index (κ3) is 4.62. The van der Waals surface area contributed by atoms with Crippen LogP contribution < -0.4 is 0 Å². The van der Waals surface area contributed by atoms with Gasteiger partial charge in [-0.2, -0.15) is 0 Å². The minimum atomic E-state index is -0.122. The topological polar surface area (TPSA) is 32.8 Å². The van der Waals surface area contributed by atoms with Gasteiger partial charge in [0.15, 0.2) is 0 Å².